The van der Waals surface area contributed by atoms with Crippen LogP contribution in [0.15, 0.2) is 6.07 Å². The number of aliphatic carboxylic acids is 1. The molecular formula is C14H16F3N3O4. The number of aryl methyl sites for hydroxylation is 1. The summed E-state index contributed by atoms with van der Waals surface area (Å²) in [6, 6.07) is 1.11. The van der Waals surface area contributed by atoms with Crippen molar-refractivity contribution in [3.63, 3.8) is 0 Å². The number of hydrogen-bond donors (Lipinski definition) is 2. The molecule has 0 aromatic carbocycles. The molecule has 2 heterocycles. The van der Waals surface area contributed by atoms with Crippen molar-refractivity contribution >= 4 is 11.9 Å². The first-order chi connectivity index (χ1) is 11.1. The van der Waals surface area contributed by atoms with E-state index >= 15 is 0 Å². The molecule has 1 amide bonds. The van der Waals surface area contributed by atoms with E-state index in [9.17, 15) is 27.9 Å². The molecule has 1 saturated heterocycles. The van der Waals surface area contributed by atoms with Crippen LogP contribution in [-0.2, 0) is 15.7 Å². The average molecular weight is 347 g/mol. The van der Waals surface area contributed by atoms with Crippen LogP contribution in [0, 0.1) is 12.3 Å². The van der Waals surface area contributed by atoms with Gasteiger partial charge in [0.2, 0.25) is 5.82 Å². The SMILES string of the molecule is Cc1cc(C(=O)NCC2(C(=O)O)CCOCC2)nc(C(F)(F)F)n1. The van der Waals surface area contributed by atoms with E-state index in [1.54, 1.807) is 0 Å². The molecule has 132 valence electrons. The quantitative estimate of drug-likeness (QED) is 0.854. The van der Waals surface area contributed by atoms with Crippen LogP contribution >= 0.6 is 0 Å². The van der Waals surface area contributed by atoms with Gasteiger partial charge in [0.25, 0.3) is 5.91 Å². The smallest absolute Gasteiger partial charge is 0.451 e. The topological polar surface area (TPSA) is 101 Å². The molecule has 0 saturated carbocycles. The van der Waals surface area contributed by atoms with Crippen molar-refractivity contribution < 1.29 is 32.6 Å². The molecule has 2 N–H and O–H groups in total. The summed E-state index contributed by atoms with van der Waals surface area (Å²) in [5.74, 6) is -3.37. The highest BCUT2D eigenvalue weighted by Crippen LogP contribution is 2.30. The number of halogens is 3. The molecule has 1 aliphatic heterocycles. The summed E-state index contributed by atoms with van der Waals surface area (Å²) < 4.78 is 43.2. The summed E-state index contributed by atoms with van der Waals surface area (Å²) in [7, 11) is 0. The van der Waals surface area contributed by atoms with Crippen molar-refractivity contribution in [2.45, 2.75) is 25.9 Å². The third-order valence-corrected chi connectivity index (χ3v) is 3.83. The molecule has 0 bridgehead atoms. The van der Waals surface area contributed by atoms with E-state index in [-0.39, 0.29) is 38.3 Å². The maximum absolute atomic E-state index is 12.7. The Morgan fingerprint density at radius 2 is 1.96 bits per heavy atom. The summed E-state index contributed by atoms with van der Waals surface area (Å²) in [4.78, 5) is 30.0. The molecule has 1 aromatic heterocycles. The predicted octanol–water partition coefficient (Wildman–Crippen LogP) is 1.42. The maximum Gasteiger partial charge on any atom is 0.451 e. The number of carbonyl (C=O) groups excluding carboxylic acids is 1. The highest BCUT2D eigenvalue weighted by Gasteiger charge is 2.41. The van der Waals surface area contributed by atoms with E-state index in [4.69, 9.17) is 4.74 Å². The molecule has 0 spiro atoms. The second kappa shape index (κ2) is 6.71. The lowest BCUT2D eigenvalue weighted by Crippen LogP contribution is -2.46. The molecule has 24 heavy (non-hydrogen) atoms. The van der Waals surface area contributed by atoms with Gasteiger partial charge in [-0.25, -0.2) is 9.97 Å². The van der Waals surface area contributed by atoms with Gasteiger partial charge in [0, 0.05) is 25.5 Å². The second-order valence-corrected chi connectivity index (χ2v) is 5.60. The van der Waals surface area contributed by atoms with Gasteiger partial charge >= 0.3 is 12.1 Å². The molecule has 0 radical (unpaired) electrons. The number of nitrogens with one attached hydrogen (secondary N) is 1. The van der Waals surface area contributed by atoms with Gasteiger partial charge in [-0.1, -0.05) is 0 Å². The predicted molar refractivity (Wildman–Crippen MR) is 74.2 cm³/mol. The van der Waals surface area contributed by atoms with Crippen LogP contribution < -0.4 is 5.32 Å². The number of carbonyl (C=O) groups is 2. The number of carboxylic acid groups (broad SMARTS) is 1. The minimum atomic E-state index is -4.77. The summed E-state index contributed by atoms with van der Waals surface area (Å²) in [6.45, 7) is 1.58. The summed E-state index contributed by atoms with van der Waals surface area (Å²) in [5, 5.41) is 11.7. The standard InChI is InChI=1S/C14H16F3N3O4/c1-8-6-9(20-11(19-8)14(15,16)17)10(21)18-7-13(12(22)23)2-4-24-5-3-13/h6H,2-5,7H2,1H3,(H,18,21)(H,22,23). The van der Waals surface area contributed by atoms with Gasteiger partial charge in [-0.05, 0) is 25.8 Å². The van der Waals surface area contributed by atoms with E-state index in [1.165, 1.54) is 6.92 Å². The monoisotopic (exact) mass is 347 g/mol. The number of hydrogen-bond acceptors (Lipinski definition) is 5. The highest BCUT2D eigenvalue weighted by atomic mass is 19.4. The Morgan fingerprint density at radius 1 is 1.33 bits per heavy atom. The third kappa shape index (κ3) is 3.99. The van der Waals surface area contributed by atoms with Gasteiger partial charge in [-0.3, -0.25) is 9.59 Å². The number of nitrogens with zero attached hydrogens (tertiary/aromatic N) is 2. The van der Waals surface area contributed by atoms with Crippen LogP contribution in [0.25, 0.3) is 0 Å². The Bertz CT molecular complexity index is 643. The van der Waals surface area contributed by atoms with Crippen molar-refractivity contribution in [2.75, 3.05) is 19.8 Å². The van der Waals surface area contributed by atoms with E-state index in [0.29, 0.717) is 0 Å². The largest absolute Gasteiger partial charge is 0.481 e. The summed E-state index contributed by atoms with van der Waals surface area (Å²) in [5.41, 5.74) is -1.66. The highest BCUT2D eigenvalue weighted by molar-refractivity contribution is 5.92. The minimum Gasteiger partial charge on any atom is -0.481 e. The van der Waals surface area contributed by atoms with E-state index in [1.807, 2.05) is 0 Å². The summed E-state index contributed by atoms with van der Waals surface area (Å²) in [6.07, 6.45) is -4.36. The zero-order valence-electron chi connectivity index (χ0n) is 12.8. The van der Waals surface area contributed by atoms with Crippen molar-refractivity contribution in [1.29, 1.82) is 0 Å². The summed E-state index contributed by atoms with van der Waals surface area (Å²) >= 11 is 0. The number of amides is 1. The van der Waals surface area contributed by atoms with Crippen molar-refractivity contribution in [3.8, 4) is 0 Å². The van der Waals surface area contributed by atoms with E-state index < -0.39 is 35.0 Å². The van der Waals surface area contributed by atoms with Crippen molar-refractivity contribution in [2.24, 2.45) is 5.41 Å². The van der Waals surface area contributed by atoms with Crippen LogP contribution in [0.2, 0.25) is 0 Å². The molecule has 1 aliphatic rings. The molecular weight excluding hydrogens is 331 g/mol. The fourth-order valence-corrected chi connectivity index (χ4v) is 2.38. The van der Waals surface area contributed by atoms with Crippen LogP contribution in [0.5, 0.6) is 0 Å². The van der Waals surface area contributed by atoms with E-state index in [2.05, 4.69) is 15.3 Å². The number of rotatable bonds is 4. The van der Waals surface area contributed by atoms with Crippen LogP contribution in [0.1, 0.15) is 34.8 Å². The second-order valence-electron chi connectivity index (χ2n) is 5.60. The Kier molecular flexibility index (Phi) is 5.07. The molecule has 7 nitrogen and oxygen atoms in total. The number of aromatic nitrogens is 2. The van der Waals surface area contributed by atoms with Gasteiger partial charge in [0.05, 0.1) is 5.41 Å². The van der Waals surface area contributed by atoms with E-state index in [0.717, 1.165) is 6.07 Å². The van der Waals surface area contributed by atoms with Gasteiger partial charge in [0.15, 0.2) is 0 Å². The third-order valence-electron chi connectivity index (χ3n) is 3.83. The number of alkyl halides is 3. The lowest BCUT2D eigenvalue weighted by molar-refractivity contribution is -0.154. The molecule has 0 atom stereocenters. The molecule has 2 rings (SSSR count). The van der Waals surface area contributed by atoms with Crippen LogP contribution in [0.3, 0.4) is 0 Å². The van der Waals surface area contributed by atoms with Gasteiger partial charge in [0.1, 0.15) is 5.69 Å². The van der Waals surface area contributed by atoms with Crippen LogP contribution in [0.4, 0.5) is 13.2 Å². The molecule has 1 fully saturated rings. The average Bonchev–Trinajstić information content (AvgIpc) is 2.52. The first-order valence-corrected chi connectivity index (χ1v) is 7.16. The lowest BCUT2D eigenvalue weighted by Gasteiger charge is -2.33. The Morgan fingerprint density at radius 3 is 2.50 bits per heavy atom. The first kappa shape index (κ1) is 18.1. The van der Waals surface area contributed by atoms with Crippen molar-refractivity contribution in [1.82, 2.24) is 15.3 Å². The Labute approximate surface area is 135 Å². The van der Waals surface area contributed by atoms with Crippen molar-refractivity contribution in [3.05, 3.63) is 23.3 Å². The van der Waals surface area contributed by atoms with Crippen LogP contribution in [-0.4, -0.2) is 46.7 Å². The fourth-order valence-electron chi connectivity index (χ4n) is 2.38. The number of ether oxygens (including phenoxy) is 1. The number of carboxylic acids is 1. The maximum atomic E-state index is 12.7. The van der Waals surface area contributed by atoms with Gasteiger partial charge in [-0.2, -0.15) is 13.2 Å². The first-order valence-electron chi connectivity index (χ1n) is 7.16. The fraction of sp³-hybridized carbons (Fsp3) is 0.571. The van der Waals surface area contributed by atoms with Gasteiger partial charge in [-0.15, -0.1) is 0 Å². The molecule has 10 heteroatoms. The molecule has 0 aliphatic carbocycles. The zero-order valence-corrected chi connectivity index (χ0v) is 12.8. The molecule has 0 unspecified atom stereocenters. The van der Waals surface area contributed by atoms with Gasteiger partial charge < -0.3 is 15.2 Å². The molecule has 1 aromatic rings. The normalized spacial score (nSPS) is 17.3. The minimum absolute atomic E-state index is 0.0125. The Hall–Kier alpha value is -2.23. The Balaban J connectivity index is 2.15. The lowest BCUT2D eigenvalue weighted by atomic mass is 9.80. The zero-order chi connectivity index (χ0) is 18.0.